The van der Waals surface area contributed by atoms with Gasteiger partial charge in [0.1, 0.15) is 0 Å². The molecule has 1 aliphatic rings. The third-order valence-corrected chi connectivity index (χ3v) is 2.01. The van der Waals surface area contributed by atoms with Gasteiger partial charge in [0.15, 0.2) is 0 Å². The van der Waals surface area contributed by atoms with E-state index in [1.54, 1.807) is 0 Å². The number of hydrogen-bond acceptors (Lipinski definition) is 4. The molecule has 0 radical (unpaired) electrons. The summed E-state index contributed by atoms with van der Waals surface area (Å²) in [5, 5.41) is 26.4. The van der Waals surface area contributed by atoms with Gasteiger partial charge in [-0.15, -0.1) is 0 Å². The van der Waals surface area contributed by atoms with E-state index in [9.17, 15) is 5.11 Å². The number of nitrogens with zero attached hydrogens (tertiary/aromatic N) is 2. The molecule has 1 saturated heterocycles. The molecule has 4 nitrogen and oxygen atoms in total. The molecular formula is C7H12N2O2. The third kappa shape index (κ3) is 1.90. The highest BCUT2D eigenvalue weighted by molar-refractivity contribution is 4.87. The molecule has 62 valence electrons. The highest BCUT2D eigenvalue weighted by atomic mass is 16.3. The summed E-state index contributed by atoms with van der Waals surface area (Å²) in [6.45, 7) is 1.49. The van der Waals surface area contributed by atoms with Crippen molar-refractivity contribution in [3.8, 4) is 6.07 Å². The van der Waals surface area contributed by atoms with Crippen LogP contribution in [0.1, 0.15) is 0 Å². The molecule has 1 rings (SSSR count). The number of hydrogen-bond donors (Lipinski definition) is 2. The van der Waals surface area contributed by atoms with Gasteiger partial charge in [-0.05, 0) is 0 Å². The Hall–Kier alpha value is -0.630. The van der Waals surface area contributed by atoms with Crippen molar-refractivity contribution in [1.29, 1.82) is 5.26 Å². The van der Waals surface area contributed by atoms with Crippen LogP contribution in [0.3, 0.4) is 0 Å². The van der Waals surface area contributed by atoms with Crippen LogP contribution in [0.2, 0.25) is 0 Å². The lowest BCUT2D eigenvalue weighted by atomic mass is 10.1. The molecule has 0 aromatic rings. The monoisotopic (exact) mass is 156 g/mol. The molecule has 0 aromatic carbocycles. The minimum atomic E-state index is -0.464. The second-order valence-corrected chi connectivity index (χ2v) is 2.86. The zero-order chi connectivity index (χ0) is 8.27. The van der Waals surface area contributed by atoms with Gasteiger partial charge < -0.3 is 10.2 Å². The largest absolute Gasteiger partial charge is 0.396 e. The first kappa shape index (κ1) is 8.47. The number of rotatable bonds is 2. The van der Waals surface area contributed by atoms with Gasteiger partial charge in [-0.3, -0.25) is 4.90 Å². The van der Waals surface area contributed by atoms with E-state index in [1.807, 2.05) is 11.0 Å². The van der Waals surface area contributed by atoms with Crippen molar-refractivity contribution in [3.05, 3.63) is 0 Å². The summed E-state index contributed by atoms with van der Waals surface area (Å²) in [6, 6.07) is 2.01. The fourth-order valence-electron chi connectivity index (χ4n) is 1.35. The summed E-state index contributed by atoms with van der Waals surface area (Å²) < 4.78 is 0. The Bertz CT molecular complexity index is 166. The quantitative estimate of drug-likeness (QED) is 0.492. The number of nitriles is 1. The maximum absolute atomic E-state index is 9.27. The summed E-state index contributed by atoms with van der Waals surface area (Å²) in [5.41, 5.74) is 0. The fourth-order valence-corrected chi connectivity index (χ4v) is 1.35. The Morgan fingerprint density at radius 3 is 2.73 bits per heavy atom. The second kappa shape index (κ2) is 3.67. The summed E-state index contributed by atoms with van der Waals surface area (Å²) >= 11 is 0. The number of aliphatic hydroxyl groups excluding tert-OH is 2. The van der Waals surface area contributed by atoms with Crippen molar-refractivity contribution in [2.45, 2.75) is 6.10 Å². The van der Waals surface area contributed by atoms with Crippen molar-refractivity contribution < 1.29 is 10.2 Å². The van der Waals surface area contributed by atoms with Crippen molar-refractivity contribution in [1.82, 2.24) is 4.90 Å². The van der Waals surface area contributed by atoms with Crippen LogP contribution in [0.25, 0.3) is 0 Å². The topological polar surface area (TPSA) is 67.5 Å². The van der Waals surface area contributed by atoms with Gasteiger partial charge >= 0.3 is 0 Å². The van der Waals surface area contributed by atoms with Crippen LogP contribution in [0.5, 0.6) is 0 Å². The molecule has 11 heavy (non-hydrogen) atoms. The first-order chi connectivity index (χ1) is 5.27. The maximum Gasteiger partial charge on any atom is 0.0866 e. The summed E-state index contributed by atoms with van der Waals surface area (Å²) in [5.74, 6) is -0.0663. The Morgan fingerprint density at radius 2 is 2.27 bits per heavy atom. The summed E-state index contributed by atoms with van der Waals surface area (Å²) in [6.07, 6.45) is -0.464. The normalized spacial score (nSPS) is 32.1. The average Bonchev–Trinajstić information content (AvgIpc) is 2.32. The lowest BCUT2D eigenvalue weighted by molar-refractivity contribution is 0.103. The molecule has 2 N–H and O–H groups in total. The summed E-state index contributed by atoms with van der Waals surface area (Å²) in [4.78, 5) is 1.84. The average molecular weight is 156 g/mol. The van der Waals surface area contributed by atoms with Crippen LogP contribution in [0.4, 0.5) is 0 Å². The van der Waals surface area contributed by atoms with Gasteiger partial charge in [-0.2, -0.15) is 5.26 Å². The third-order valence-electron chi connectivity index (χ3n) is 2.01. The van der Waals surface area contributed by atoms with Crippen molar-refractivity contribution in [3.63, 3.8) is 0 Å². The molecule has 1 fully saturated rings. The van der Waals surface area contributed by atoms with Crippen LogP contribution in [-0.2, 0) is 0 Å². The van der Waals surface area contributed by atoms with Gasteiger partial charge in [0.2, 0.25) is 0 Å². The highest BCUT2D eigenvalue weighted by Gasteiger charge is 2.29. The molecule has 0 spiro atoms. The van der Waals surface area contributed by atoms with E-state index in [0.717, 1.165) is 0 Å². The predicted octanol–water partition coefficient (Wildman–Crippen LogP) is -1.21. The predicted molar refractivity (Wildman–Crippen MR) is 38.6 cm³/mol. The molecule has 0 aliphatic carbocycles. The SMILES string of the molecule is N#CCN1CC(O)C(CO)C1. The molecule has 2 atom stereocenters. The van der Waals surface area contributed by atoms with E-state index in [1.165, 1.54) is 0 Å². The molecule has 4 heteroatoms. The zero-order valence-electron chi connectivity index (χ0n) is 6.27. The standard InChI is InChI=1S/C7H12N2O2/c8-1-2-9-3-6(5-10)7(11)4-9/h6-7,10-11H,2-5H2. The van der Waals surface area contributed by atoms with Crippen molar-refractivity contribution >= 4 is 0 Å². The first-order valence-electron chi connectivity index (χ1n) is 3.66. The molecule has 1 aliphatic heterocycles. The maximum atomic E-state index is 9.27. The smallest absolute Gasteiger partial charge is 0.0866 e. The highest BCUT2D eigenvalue weighted by Crippen LogP contribution is 2.15. The number of β-amino-alcohol motifs (C(OH)–C–C–N with tert-alkyl or cyclic N) is 1. The molecule has 0 bridgehead atoms. The van der Waals surface area contributed by atoms with E-state index in [0.29, 0.717) is 19.6 Å². The van der Waals surface area contributed by atoms with Gasteiger partial charge in [-0.25, -0.2) is 0 Å². The van der Waals surface area contributed by atoms with E-state index < -0.39 is 6.10 Å². The van der Waals surface area contributed by atoms with Crippen LogP contribution in [0.15, 0.2) is 0 Å². The number of aliphatic hydroxyl groups is 2. The van der Waals surface area contributed by atoms with Gasteiger partial charge in [-0.1, -0.05) is 0 Å². The van der Waals surface area contributed by atoms with Crippen LogP contribution >= 0.6 is 0 Å². The molecule has 0 amide bonds. The van der Waals surface area contributed by atoms with Crippen molar-refractivity contribution in [2.75, 3.05) is 26.2 Å². The second-order valence-electron chi connectivity index (χ2n) is 2.86. The summed E-state index contributed by atoms with van der Waals surface area (Å²) in [7, 11) is 0. The van der Waals surface area contributed by atoms with Gasteiger partial charge in [0.05, 0.1) is 18.7 Å². The first-order valence-corrected chi connectivity index (χ1v) is 3.66. The van der Waals surface area contributed by atoms with E-state index >= 15 is 0 Å². The van der Waals surface area contributed by atoms with Crippen LogP contribution in [-0.4, -0.2) is 47.5 Å². The molecule has 0 aromatic heterocycles. The molecule has 0 saturated carbocycles. The van der Waals surface area contributed by atoms with E-state index in [2.05, 4.69) is 0 Å². The van der Waals surface area contributed by atoms with Crippen LogP contribution < -0.4 is 0 Å². The van der Waals surface area contributed by atoms with Gasteiger partial charge in [0.25, 0.3) is 0 Å². The lowest BCUT2D eigenvalue weighted by Gasteiger charge is -2.08. The van der Waals surface area contributed by atoms with Gasteiger partial charge in [0, 0.05) is 25.6 Å². The minimum absolute atomic E-state index is 0.00307. The molecule has 2 unspecified atom stereocenters. The Kier molecular flexibility index (Phi) is 2.83. The Balaban J connectivity index is 2.38. The van der Waals surface area contributed by atoms with E-state index in [4.69, 9.17) is 10.4 Å². The minimum Gasteiger partial charge on any atom is -0.396 e. The van der Waals surface area contributed by atoms with Crippen LogP contribution in [0, 0.1) is 17.2 Å². The zero-order valence-corrected chi connectivity index (χ0v) is 6.27. The number of likely N-dealkylation sites (tertiary alicyclic amines) is 1. The molecular weight excluding hydrogens is 144 g/mol. The fraction of sp³-hybridized carbons (Fsp3) is 0.857. The lowest BCUT2D eigenvalue weighted by Crippen LogP contribution is -2.21. The van der Waals surface area contributed by atoms with E-state index in [-0.39, 0.29) is 12.5 Å². The Morgan fingerprint density at radius 1 is 1.55 bits per heavy atom. The Labute approximate surface area is 65.7 Å². The molecule has 1 heterocycles. The van der Waals surface area contributed by atoms with Crippen molar-refractivity contribution in [2.24, 2.45) is 5.92 Å².